The minimum atomic E-state index is 0.281. The van der Waals surface area contributed by atoms with Crippen molar-refractivity contribution in [1.82, 2.24) is 10.2 Å². The van der Waals surface area contributed by atoms with Crippen LogP contribution in [0, 0.1) is 0 Å². The van der Waals surface area contributed by atoms with Crippen LogP contribution >= 0.6 is 11.8 Å². The zero-order valence-corrected chi connectivity index (χ0v) is 9.68. The van der Waals surface area contributed by atoms with E-state index in [4.69, 9.17) is 0 Å². The number of hydrogen-bond acceptors (Lipinski definition) is 4. The highest BCUT2D eigenvalue weighted by Gasteiger charge is 2.17. The summed E-state index contributed by atoms with van der Waals surface area (Å²) in [6, 6.07) is 0. The molecule has 0 atom stereocenters. The summed E-state index contributed by atoms with van der Waals surface area (Å²) in [5.74, 6) is 1.35. The van der Waals surface area contributed by atoms with Crippen molar-refractivity contribution in [1.29, 1.82) is 0 Å². The summed E-state index contributed by atoms with van der Waals surface area (Å²) in [6.45, 7) is 3.54. The van der Waals surface area contributed by atoms with Gasteiger partial charge in [0.15, 0.2) is 5.17 Å². The molecule has 4 nitrogen and oxygen atoms in total. The van der Waals surface area contributed by atoms with E-state index in [1.54, 1.807) is 11.8 Å². The van der Waals surface area contributed by atoms with Crippen LogP contribution in [0.15, 0.2) is 4.99 Å². The van der Waals surface area contributed by atoms with Crippen molar-refractivity contribution in [3.63, 3.8) is 0 Å². The van der Waals surface area contributed by atoms with E-state index in [0.717, 1.165) is 37.1 Å². The van der Waals surface area contributed by atoms with Crippen molar-refractivity contribution in [2.24, 2.45) is 4.99 Å². The lowest BCUT2D eigenvalue weighted by Gasteiger charge is -2.15. The van der Waals surface area contributed by atoms with Gasteiger partial charge in [-0.25, -0.2) is 0 Å². The number of amides is 1. The summed E-state index contributed by atoms with van der Waals surface area (Å²) in [5.41, 5.74) is 0. The highest BCUT2D eigenvalue weighted by atomic mass is 32.2. The summed E-state index contributed by atoms with van der Waals surface area (Å²) in [4.78, 5) is 17.9. The minimum absolute atomic E-state index is 0.281. The summed E-state index contributed by atoms with van der Waals surface area (Å²) in [5, 5.41) is 4.21. The predicted octanol–water partition coefficient (Wildman–Crippen LogP) is 0.691. The number of rotatable bonds is 3. The molecule has 0 aromatic rings. The molecule has 1 N–H and O–H groups in total. The second-order valence-corrected chi connectivity index (χ2v) is 4.88. The third kappa shape index (κ3) is 3.12. The van der Waals surface area contributed by atoms with Crippen molar-refractivity contribution in [2.45, 2.75) is 19.3 Å². The van der Waals surface area contributed by atoms with E-state index in [2.05, 4.69) is 10.3 Å². The van der Waals surface area contributed by atoms with Crippen LogP contribution in [0.5, 0.6) is 0 Å². The maximum Gasteiger partial charge on any atom is 0.224 e. The second kappa shape index (κ2) is 5.39. The number of carbonyl (C=O) groups is 1. The minimum Gasteiger partial charge on any atom is -0.364 e. The van der Waals surface area contributed by atoms with Crippen LogP contribution in [0.4, 0.5) is 0 Å². The van der Waals surface area contributed by atoms with Gasteiger partial charge in [-0.05, 0) is 12.8 Å². The first-order valence-electron chi connectivity index (χ1n) is 5.55. The second-order valence-electron chi connectivity index (χ2n) is 3.80. The molecule has 2 aliphatic rings. The number of hydrogen-bond donors (Lipinski definition) is 1. The van der Waals surface area contributed by atoms with Crippen molar-refractivity contribution in [2.75, 3.05) is 31.9 Å². The Morgan fingerprint density at radius 2 is 2.27 bits per heavy atom. The van der Waals surface area contributed by atoms with E-state index < -0.39 is 0 Å². The molecule has 5 heteroatoms. The monoisotopic (exact) mass is 227 g/mol. The molecule has 0 aromatic carbocycles. The molecule has 84 valence electrons. The van der Waals surface area contributed by atoms with Gasteiger partial charge in [-0.1, -0.05) is 11.8 Å². The number of nitrogens with one attached hydrogen (secondary N) is 1. The van der Waals surface area contributed by atoms with Gasteiger partial charge in [-0.3, -0.25) is 9.79 Å². The Morgan fingerprint density at radius 3 is 2.93 bits per heavy atom. The average molecular weight is 227 g/mol. The van der Waals surface area contributed by atoms with Crippen LogP contribution in [0.3, 0.4) is 0 Å². The molecular formula is C10H17N3OS. The van der Waals surface area contributed by atoms with Gasteiger partial charge in [-0.2, -0.15) is 0 Å². The van der Waals surface area contributed by atoms with E-state index >= 15 is 0 Å². The summed E-state index contributed by atoms with van der Waals surface area (Å²) in [6.07, 6.45) is 2.93. The van der Waals surface area contributed by atoms with Gasteiger partial charge in [0, 0.05) is 31.8 Å². The Hall–Kier alpha value is -0.710. The van der Waals surface area contributed by atoms with Crippen LogP contribution in [-0.4, -0.2) is 47.9 Å². The third-order valence-electron chi connectivity index (χ3n) is 2.66. The maximum absolute atomic E-state index is 11.7. The Kier molecular flexibility index (Phi) is 3.88. The average Bonchev–Trinajstić information content (AvgIpc) is 2.90. The van der Waals surface area contributed by atoms with Crippen molar-refractivity contribution in [3.8, 4) is 0 Å². The van der Waals surface area contributed by atoms with Gasteiger partial charge < -0.3 is 10.2 Å². The highest BCUT2D eigenvalue weighted by Crippen LogP contribution is 2.10. The molecule has 15 heavy (non-hydrogen) atoms. The summed E-state index contributed by atoms with van der Waals surface area (Å²) < 4.78 is 0. The van der Waals surface area contributed by atoms with Crippen LogP contribution in [0.1, 0.15) is 19.3 Å². The molecule has 2 aliphatic heterocycles. The lowest BCUT2D eigenvalue weighted by molar-refractivity contribution is -0.129. The van der Waals surface area contributed by atoms with E-state index in [1.807, 2.05) is 4.90 Å². The molecule has 0 unspecified atom stereocenters. The molecular weight excluding hydrogens is 210 g/mol. The van der Waals surface area contributed by atoms with E-state index in [9.17, 15) is 4.79 Å². The molecule has 1 amide bonds. The number of likely N-dealkylation sites (tertiary alicyclic amines) is 1. The van der Waals surface area contributed by atoms with Gasteiger partial charge in [0.2, 0.25) is 5.91 Å². The molecule has 0 aromatic heterocycles. The lowest BCUT2D eigenvalue weighted by atomic mass is 10.3. The molecule has 1 saturated heterocycles. The fourth-order valence-electron chi connectivity index (χ4n) is 1.84. The summed E-state index contributed by atoms with van der Waals surface area (Å²) >= 11 is 1.74. The molecule has 0 saturated carbocycles. The van der Waals surface area contributed by atoms with Crippen LogP contribution in [-0.2, 0) is 4.79 Å². The first-order chi connectivity index (χ1) is 7.36. The largest absolute Gasteiger partial charge is 0.364 e. The zero-order valence-electron chi connectivity index (χ0n) is 8.87. The Morgan fingerprint density at radius 1 is 1.47 bits per heavy atom. The van der Waals surface area contributed by atoms with Crippen molar-refractivity contribution in [3.05, 3.63) is 0 Å². The Labute approximate surface area is 94.5 Å². The van der Waals surface area contributed by atoms with Crippen LogP contribution in [0.2, 0.25) is 0 Å². The molecule has 1 fully saturated rings. The molecule has 2 heterocycles. The smallest absolute Gasteiger partial charge is 0.224 e. The number of thioether (sulfide) groups is 1. The first kappa shape index (κ1) is 10.8. The molecule has 0 bridgehead atoms. The van der Waals surface area contributed by atoms with E-state index in [1.165, 1.54) is 12.8 Å². The predicted molar refractivity (Wildman–Crippen MR) is 63.2 cm³/mol. The van der Waals surface area contributed by atoms with Gasteiger partial charge in [0.05, 0.1) is 6.54 Å². The van der Waals surface area contributed by atoms with Gasteiger partial charge >= 0.3 is 0 Å². The lowest BCUT2D eigenvalue weighted by Crippen LogP contribution is -2.31. The van der Waals surface area contributed by atoms with Gasteiger partial charge in [0.25, 0.3) is 0 Å². The van der Waals surface area contributed by atoms with Crippen LogP contribution in [0.25, 0.3) is 0 Å². The van der Waals surface area contributed by atoms with Gasteiger partial charge in [-0.15, -0.1) is 0 Å². The molecule has 2 rings (SSSR count). The van der Waals surface area contributed by atoms with Gasteiger partial charge in [0.1, 0.15) is 0 Å². The third-order valence-corrected chi connectivity index (χ3v) is 3.59. The Balaban J connectivity index is 1.62. The van der Waals surface area contributed by atoms with Crippen LogP contribution < -0.4 is 5.32 Å². The fourth-order valence-corrected chi connectivity index (χ4v) is 2.61. The SMILES string of the molecule is O=C(CCNC1=NCCS1)N1CCCC1. The van der Waals surface area contributed by atoms with Crippen molar-refractivity contribution < 1.29 is 4.79 Å². The fraction of sp³-hybridized carbons (Fsp3) is 0.800. The molecule has 0 radical (unpaired) electrons. The van der Waals surface area contributed by atoms with E-state index in [-0.39, 0.29) is 5.91 Å². The quantitative estimate of drug-likeness (QED) is 0.771. The number of carbonyl (C=O) groups excluding carboxylic acids is 1. The molecule has 0 spiro atoms. The highest BCUT2D eigenvalue weighted by molar-refractivity contribution is 8.14. The Bertz CT molecular complexity index is 261. The standard InChI is InChI=1S/C10H17N3OS/c14-9(13-6-1-2-7-13)3-4-11-10-12-5-8-15-10/h1-8H2,(H,11,12). The first-order valence-corrected chi connectivity index (χ1v) is 6.54. The zero-order chi connectivity index (χ0) is 10.5. The van der Waals surface area contributed by atoms with Crippen molar-refractivity contribution >= 4 is 22.8 Å². The normalized spacial score (nSPS) is 20.5. The topological polar surface area (TPSA) is 44.7 Å². The molecule has 0 aliphatic carbocycles. The number of nitrogens with zero attached hydrogens (tertiary/aromatic N) is 2. The number of amidine groups is 1. The summed E-state index contributed by atoms with van der Waals surface area (Å²) in [7, 11) is 0. The number of aliphatic imine (C=N–C) groups is 1. The van der Waals surface area contributed by atoms with E-state index in [0.29, 0.717) is 6.42 Å². The maximum atomic E-state index is 11.7.